The maximum absolute atomic E-state index is 12.6. The molecular weight excluding hydrogens is 331 g/mol. The molecule has 2 heterocycles. The number of rotatable bonds is 2. The monoisotopic (exact) mass is 342 g/mol. The maximum atomic E-state index is 12.6. The second-order valence-electron chi connectivity index (χ2n) is 4.69. The van der Waals surface area contributed by atoms with Crippen LogP contribution in [0.5, 0.6) is 0 Å². The molecule has 1 aliphatic rings. The van der Waals surface area contributed by atoms with Crippen molar-refractivity contribution in [3.8, 4) is 0 Å². The normalized spacial score (nSPS) is 18.2. The molecule has 0 N–H and O–H groups in total. The fourth-order valence-corrected chi connectivity index (χ4v) is 3.83. The van der Waals surface area contributed by atoms with E-state index in [9.17, 15) is 4.79 Å². The minimum Gasteiger partial charge on any atom is -0.361 e. The molecule has 1 aromatic heterocycles. The molecule has 2 aromatic rings. The van der Waals surface area contributed by atoms with Crippen LogP contribution < -0.4 is 0 Å². The summed E-state index contributed by atoms with van der Waals surface area (Å²) < 4.78 is 4.98. The summed E-state index contributed by atoms with van der Waals surface area (Å²) in [5.74, 6) is 1.33. The summed E-state index contributed by atoms with van der Waals surface area (Å²) in [6.45, 7) is 2.41. The molecule has 1 aliphatic heterocycles. The van der Waals surface area contributed by atoms with Crippen molar-refractivity contribution < 1.29 is 9.32 Å². The number of halogens is 2. The van der Waals surface area contributed by atoms with Crippen LogP contribution in [0.1, 0.15) is 27.1 Å². The Labute approximate surface area is 136 Å². The van der Waals surface area contributed by atoms with Crippen molar-refractivity contribution in [2.45, 2.75) is 12.3 Å². The van der Waals surface area contributed by atoms with Gasteiger partial charge in [0.25, 0.3) is 5.91 Å². The molecule has 0 spiro atoms. The Bertz CT molecular complexity index is 689. The number of benzene rings is 1. The third kappa shape index (κ3) is 2.78. The maximum Gasteiger partial charge on any atom is 0.260 e. The highest BCUT2D eigenvalue weighted by molar-refractivity contribution is 7.99. The van der Waals surface area contributed by atoms with Crippen LogP contribution in [0.25, 0.3) is 0 Å². The Kier molecular flexibility index (Phi) is 4.15. The molecule has 1 fully saturated rings. The highest BCUT2D eigenvalue weighted by Crippen LogP contribution is 2.40. The first kappa shape index (κ1) is 14.8. The highest BCUT2D eigenvalue weighted by atomic mass is 35.5. The average molecular weight is 343 g/mol. The van der Waals surface area contributed by atoms with Crippen LogP contribution in [0, 0.1) is 6.92 Å². The largest absolute Gasteiger partial charge is 0.361 e. The Morgan fingerprint density at radius 2 is 2.24 bits per heavy atom. The molecule has 0 aliphatic carbocycles. The number of amides is 1. The van der Waals surface area contributed by atoms with Gasteiger partial charge in [-0.2, -0.15) is 0 Å². The minimum absolute atomic E-state index is 0.0680. The van der Waals surface area contributed by atoms with Gasteiger partial charge in [0.1, 0.15) is 16.7 Å². The molecule has 1 atom stereocenters. The third-order valence-electron chi connectivity index (χ3n) is 3.36. The Morgan fingerprint density at radius 3 is 2.90 bits per heavy atom. The van der Waals surface area contributed by atoms with Crippen molar-refractivity contribution in [3.63, 3.8) is 0 Å². The SMILES string of the molecule is Cc1oncc1C(=O)N1CCS[C@@H]1c1ccc(Cl)c(Cl)c1. The highest BCUT2D eigenvalue weighted by Gasteiger charge is 2.33. The molecule has 1 amide bonds. The molecule has 1 saturated heterocycles. The number of thioether (sulfide) groups is 1. The van der Waals surface area contributed by atoms with Crippen molar-refractivity contribution in [2.24, 2.45) is 0 Å². The number of hydrogen-bond acceptors (Lipinski definition) is 4. The van der Waals surface area contributed by atoms with Gasteiger partial charge in [0, 0.05) is 12.3 Å². The molecule has 0 unspecified atom stereocenters. The van der Waals surface area contributed by atoms with Gasteiger partial charge in [0.05, 0.1) is 16.2 Å². The predicted molar refractivity (Wildman–Crippen MR) is 83.9 cm³/mol. The van der Waals surface area contributed by atoms with Crippen LogP contribution in [-0.4, -0.2) is 28.3 Å². The van der Waals surface area contributed by atoms with Crippen LogP contribution in [-0.2, 0) is 0 Å². The fourth-order valence-electron chi connectivity index (χ4n) is 2.28. The lowest BCUT2D eigenvalue weighted by Gasteiger charge is -2.24. The van der Waals surface area contributed by atoms with E-state index < -0.39 is 0 Å². The molecular formula is C14H12Cl2N2O2S. The zero-order chi connectivity index (χ0) is 15.0. The van der Waals surface area contributed by atoms with E-state index in [1.807, 2.05) is 17.0 Å². The molecule has 0 saturated carbocycles. The Hall–Kier alpha value is -1.17. The Balaban J connectivity index is 1.90. The average Bonchev–Trinajstić information content (AvgIpc) is 3.10. The van der Waals surface area contributed by atoms with E-state index in [2.05, 4.69) is 5.16 Å². The lowest BCUT2D eigenvalue weighted by Crippen LogP contribution is -2.30. The van der Waals surface area contributed by atoms with Gasteiger partial charge in [0.2, 0.25) is 0 Å². The van der Waals surface area contributed by atoms with Gasteiger partial charge >= 0.3 is 0 Å². The van der Waals surface area contributed by atoms with Gasteiger partial charge in [-0.25, -0.2) is 0 Å². The van der Waals surface area contributed by atoms with E-state index in [-0.39, 0.29) is 11.3 Å². The van der Waals surface area contributed by atoms with Crippen LogP contribution >= 0.6 is 35.0 Å². The number of carbonyl (C=O) groups is 1. The van der Waals surface area contributed by atoms with Gasteiger partial charge in [-0.1, -0.05) is 34.4 Å². The second kappa shape index (κ2) is 5.91. The molecule has 0 bridgehead atoms. The van der Waals surface area contributed by atoms with E-state index in [1.54, 1.807) is 24.8 Å². The summed E-state index contributed by atoms with van der Waals surface area (Å²) in [7, 11) is 0. The first-order valence-corrected chi connectivity index (χ1v) is 8.17. The van der Waals surface area contributed by atoms with E-state index in [4.69, 9.17) is 27.7 Å². The molecule has 3 rings (SSSR count). The summed E-state index contributed by atoms with van der Waals surface area (Å²) in [6.07, 6.45) is 1.46. The van der Waals surface area contributed by atoms with E-state index in [1.165, 1.54) is 6.20 Å². The lowest BCUT2D eigenvalue weighted by atomic mass is 10.1. The van der Waals surface area contributed by atoms with Crippen molar-refractivity contribution in [2.75, 3.05) is 12.3 Å². The van der Waals surface area contributed by atoms with Crippen LogP contribution in [0.3, 0.4) is 0 Å². The van der Waals surface area contributed by atoms with Gasteiger partial charge in [-0.05, 0) is 24.6 Å². The summed E-state index contributed by atoms with van der Waals surface area (Å²) in [6, 6.07) is 5.47. The summed E-state index contributed by atoms with van der Waals surface area (Å²) in [5.41, 5.74) is 1.47. The zero-order valence-electron chi connectivity index (χ0n) is 11.2. The summed E-state index contributed by atoms with van der Waals surface area (Å²) >= 11 is 13.7. The van der Waals surface area contributed by atoms with Crippen molar-refractivity contribution in [1.82, 2.24) is 10.1 Å². The molecule has 21 heavy (non-hydrogen) atoms. The van der Waals surface area contributed by atoms with Crippen molar-refractivity contribution in [3.05, 3.63) is 51.3 Å². The number of aromatic nitrogens is 1. The van der Waals surface area contributed by atoms with Crippen LogP contribution in [0.2, 0.25) is 10.0 Å². The molecule has 7 heteroatoms. The lowest BCUT2D eigenvalue weighted by molar-refractivity contribution is 0.0758. The van der Waals surface area contributed by atoms with Gasteiger partial charge < -0.3 is 9.42 Å². The zero-order valence-corrected chi connectivity index (χ0v) is 13.5. The van der Waals surface area contributed by atoms with Gasteiger partial charge in [0.15, 0.2) is 0 Å². The molecule has 4 nitrogen and oxygen atoms in total. The van der Waals surface area contributed by atoms with E-state index in [0.29, 0.717) is 27.9 Å². The summed E-state index contributed by atoms with van der Waals surface area (Å²) in [5, 5.41) is 4.61. The van der Waals surface area contributed by atoms with Gasteiger partial charge in [-0.15, -0.1) is 11.8 Å². The number of aryl methyl sites for hydroxylation is 1. The summed E-state index contributed by atoms with van der Waals surface area (Å²) in [4.78, 5) is 14.4. The number of nitrogens with zero attached hydrogens (tertiary/aromatic N) is 2. The second-order valence-corrected chi connectivity index (χ2v) is 6.69. The molecule has 1 aromatic carbocycles. The minimum atomic E-state index is -0.0742. The topological polar surface area (TPSA) is 46.3 Å². The molecule has 110 valence electrons. The van der Waals surface area contributed by atoms with E-state index >= 15 is 0 Å². The molecule has 0 radical (unpaired) electrons. The van der Waals surface area contributed by atoms with Crippen molar-refractivity contribution >= 4 is 40.9 Å². The number of hydrogen-bond donors (Lipinski definition) is 0. The smallest absolute Gasteiger partial charge is 0.260 e. The van der Waals surface area contributed by atoms with Crippen LogP contribution in [0.4, 0.5) is 0 Å². The van der Waals surface area contributed by atoms with Gasteiger partial charge in [-0.3, -0.25) is 4.79 Å². The Morgan fingerprint density at radius 1 is 1.43 bits per heavy atom. The predicted octanol–water partition coefficient (Wildman–Crippen LogP) is 4.18. The van der Waals surface area contributed by atoms with Crippen LogP contribution in [0.15, 0.2) is 28.9 Å². The first-order chi connectivity index (χ1) is 10.1. The first-order valence-electron chi connectivity index (χ1n) is 6.36. The standard InChI is InChI=1S/C14H12Cl2N2O2S/c1-8-10(7-17-20-8)13(19)18-4-5-21-14(18)9-2-3-11(15)12(16)6-9/h2-3,6-7,14H,4-5H2,1H3/t14-/m1/s1. The fraction of sp³-hybridized carbons (Fsp3) is 0.286. The third-order valence-corrected chi connectivity index (χ3v) is 5.36. The van der Waals surface area contributed by atoms with Crippen molar-refractivity contribution in [1.29, 1.82) is 0 Å². The number of carbonyl (C=O) groups excluding carboxylic acids is 1. The quantitative estimate of drug-likeness (QED) is 0.821. The van der Waals surface area contributed by atoms with E-state index in [0.717, 1.165) is 11.3 Å².